The van der Waals surface area contributed by atoms with Crippen molar-refractivity contribution in [1.29, 1.82) is 0 Å². The Morgan fingerprint density at radius 1 is 1.08 bits per heavy atom. The Kier molecular flexibility index (Phi) is 7.00. The van der Waals surface area contributed by atoms with Crippen LogP contribution >= 0.6 is 11.8 Å². The molecule has 2 aromatic rings. The highest BCUT2D eigenvalue weighted by atomic mass is 32.2. The fourth-order valence-corrected chi connectivity index (χ4v) is 3.12. The predicted molar refractivity (Wildman–Crippen MR) is 98.7 cm³/mol. The van der Waals surface area contributed by atoms with E-state index in [1.165, 1.54) is 5.56 Å². The number of rotatable bonds is 8. The Morgan fingerprint density at radius 3 is 2.46 bits per heavy atom. The van der Waals surface area contributed by atoms with E-state index in [-0.39, 0.29) is 11.2 Å². The maximum absolute atomic E-state index is 12.0. The van der Waals surface area contributed by atoms with Gasteiger partial charge in [0.15, 0.2) is 11.5 Å². The molecule has 0 aliphatic carbocycles. The predicted octanol–water partition coefficient (Wildman–Crippen LogP) is 3.81. The molecule has 1 amide bonds. The Hall–Kier alpha value is -2.14. The molecule has 2 rings (SSSR count). The van der Waals surface area contributed by atoms with Gasteiger partial charge in [0.2, 0.25) is 5.91 Å². The first-order valence-electron chi connectivity index (χ1n) is 7.78. The van der Waals surface area contributed by atoms with E-state index < -0.39 is 0 Å². The third-order valence-corrected chi connectivity index (χ3v) is 4.87. The fourth-order valence-electron chi connectivity index (χ4n) is 2.26. The van der Waals surface area contributed by atoms with Crippen molar-refractivity contribution < 1.29 is 14.3 Å². The van der Waals surface area contributed by atoms with Crippen LogP contribution < -0.4 is 14.8 Å². The normalized spacial score (nSPS) is 11.6. The molecule has 0 heterocycles. The number of benzene rings is 2. The molecule has 5 heteroatoms. The quantitative estimate of drug-likeness (QED) is 0.790. The molecule has 0 aliphatic rings. The van der Waals surface area contributed by atoms with Gasteiger partial charge in [0.05, 0.1) is 20.0 Å². The molecule has 1 atom stereocenters. The second kappa shape index (κ2) is 9.23. The molecule has 0 bridgehead atoms. The molecule has 0 saturated carbocycles. The number of carbonyl (C=O) groups excluding carboxylic acids is 1. The molecular weight excluding hydrogens is 322 g/mol. The SMILES string of the molecule is COc1ccc(CNC(=O)CS[C@@H](C)c2ccccc2)cc1OC. The molecule has 0 spiro atoms. The largest absolute Gasteiger partial charge is 0.493 e. The molecule has 0 aliphatic heterocycles. The van der Waals surface area contributed by atoms with Crippen molar-refractivity contribution in [3.05, 3.63) is 59.7 Å². The molecule has 0 aromatic heterocycles. The van der Waals surface area contributed by atoms with Crippen LogP contribution in [-0.2, 0) is 11.3 Å². The van der Waals surface area contributed by atoms with Gasteiger partial charge in [-0.3, -0.25) is 4.79 Å². The van der Waals surface area contributed by atoms with Gasteiger partial charge in [-0.1, -0.05) is 36.4 Å². The summed E-state index contributed by atoms with van der Waals surface area (Å²) in [5.41, 5.74) is 2.21. The molecule has 24 heavy (non-hydrogen) atoms. The average molecular weight is 345 g/mol. The minimum atomic E-state index is 0.0255. The van der Waals surface area contributed by atoms with Gasteiger partial charge in [-0.2, -0.15) is 0 Å². The number of hydrogen-bond acceptors (Lipinski definition) is 4. The smallest absolute Gasteiger partial charge is 0.230 e. The maximum Gasteiger partial charge on any atom is 0.230 e. The number of carbonyl (C=O) groups is 1. The summed E-state index contributed by atoms with van der Waals surface area (Å²) in [7, 11) is 3.20. The van der Waals surface area contributed by atoms with Gasteiger partial charge in [-0.25, -0.2) is 0 Å². The highest BCUT2D eigenvalue weighted by Gasteiger charge is 2.10. The summed E-state index contributed by atoms with van der Waals surface area (Å²) in [5.74, 6) is 1.80. The summed E-state index contributed by atoms with van der Waals surface area (Å²) >= 11 is 1.63. The average Bonchev–Trinajstić information content (AvgIpc) is 2.64. The minimum absolute atomic E-state index is 0.0255. The zero-order chi connectivity index (χ0) is 17.4. The molecule has 0 radical (unpaired) electrons. The first kappa shape index (κ1) is 18.2. The summed E-state index contributed by atoms with van der Waals surface area (Å²) < 4.78 is 10.5. The van der Waals surface area contributed by atoms with Gasteiger partial charge < -0.3 is 14.8 Å². The highest BCUT2D eigenvalue weighted by molar-refractivity contribution is 8.00. The standard InChI is InChI=1S/C19H23NO3S/c1-14(16-7-5-4-6-8-16)24-13-19(21)20-12-15-9-10-17(22-2)18(11-15)23-3/h4-11,14H,12-13H2,1-3H3,(H,20,21)/t14-/m0/s1. The molecule has 2 aromatic carbocycles. The number of amides is 1. The highest BCUT2D eigenvalue weighted by Crippen LogP contribution is 2.28. The van der Waals surface area contributed by atoms with Gasteiger partial charge >= 0.3 is 0 Å². The van der Waals surface area contributed by atoms with Crippen molar-refractivity contribution in [3.63, 3.8) is 0 Å². The molecular formula is C19H23NO3S. The van der Waals surface area contributed by atoms with Crippen LogP contribution in [-0.4, -0.2) is 25.9 Å². The van der Waals surface area contributed by atoms with Gasteiger partial charge in [0.25, 0.3) is 0 Å². The lowest BCUT2D eigenvalue weighted by Gasteiger charge is -2.12. The molecule has 0 saturated heterocycles. The zero-order valence-corrected chi connectivity index (χ0v) is 15.1. The summed E-state index contributed by atoms with van der Waals surface area (Å²) in [6.07, 6.45) is 0. The maximum atomic E-state index is 12.0. The molecule has 0 unspecified atom stereocenters. The Bertz CT molecular complexity index is 661. The minimum Gasteiger partial charge on any atom is -0.493 e. The van der Waals surface area contributed by atoms with Crippen LogP contribution in [0.2, 0.25) is 0 Å². The van der Waals surface area contributed by atoms with Crippen molar-refractivity contribution in [2.24, 2.45) is 0 Å². The second-order valence-electron chi connectivity index (χ2n) is 5.33. The van der Waals surface area contributed by atoms with Gasteiger partial charge in [-0.05, 0) is 30.2 Å². The molecule has 0 fully saturated rings. The third kappa shape index (κ3) is 5.20. The van der Waals surface area contributed by atoms with Gasteiger partial charge in [-0.15, -0.1) is 11.8 Å². The number of thioether (sulfide) groups is 1. The monoisotopic (exact) mass is 345 g/mol. The second-order valence-corrected chi connectivity index (χ2v) is 6.66. The third-order valence-electron chi connectivity index (χ3n) is 3.67. The van der Waals surface area contributed by atoms with Crippen LogP contribution in [0.3, 0.4) is 0 Å². The van der Waals surface area contributed by atoms with Crippen LogP contribution in [0.5, 0.6) is 11.5 Å². The van der Waals surface area contributed by atoms with E-state index in [4.69, 9.17) is 9.47 Å². The van der Waals surface area contributed by atoms with Crippen molar-refractivity contribution >= 4 is 17.7 Å². The number of hydrogen-bond donors (Lipinski definition) is 1. The van der Waals surface area contributed by atoms with E-state index in [0.29, 0.717) is 23.8 Å². The Morgan fingerprint density at radius 2 is 1.79 bits per heavy atom. The van der Waals surface area contributed by atoms with E-state index >= 15 is 0 Å². The lowest BCUT2D eigenvalue weighted by atomic mass is 10.2. The van der Waals surface area contributed by atoms with E-state index in [2.05, 4.69) is 24.4 Å². The first-order valence-corrected chi connectivity index (χ1v) is 8.83. The number of ether oxygens (including phenoxy) is 2. The Balaban J connectivity index is 1.81. The van der Waals surface area contributed by atoms with E-state index in [0.717, 1.165) is 5.56 Å². The van der Waals surface area contributed by atoms with Crippen LogP contribution in [0.15, 0.2) is 48.5 Å². The summed E-state index contributed by atoms with van der Waals surface area (Å²) in [4.78, 5) is 12.0. The fraction of sp³-hybridized carbons (Fsp3) is 0.316. The van der Waals surface area contributed by atoms with E-state index in [1.807, 2.05) is 36.4 Å². The summed E-state index contributed by atoms with van der Waals surface area (Å²) in [6.45, 7) is 2.58. The summed E-state index contributed by atoms with van der Waals surface area (Å²) in [5, 5.41) is 3.23. The van der Waals surface area contributed by atoms with Crippen molar-refractivity contribution in [2.75, 3.05) is 20.0 Å². The molecule has 128 valence electrons. The Labute approximate surface area is 147 Å². The van der Waals surface area contributed by atoms with Crippen molar-refractivity contribution in [2.45, 2.75) is 18.7 Å². The number of methoxy groups -OCH3 is 2. The summed E-state index contributed by atoms with van der Waals surface area (Å²) in [6, 6.07) is 15.8. The van der Waals surface area contributed by atoms with Crippen molar-refractivity contribution in [3.8, 4) is 11.5 Å². The molecule has 1 N–H and O–H groups in total. The van der Waals surface area contributed by atoms with E-state index in [1.54, 1.807) is 26.0 Å². The zero-order valence-electron chi connectivity index (χ0n) is 14.2. The van der Waals surface area contributed by atoms with Gasteiger partial charge in [0, 0.05) is 11.8 Å². The molecule has 4 nitrogen and oxygen atoms in total. The lowest BCUT2D eigenvalue weighted by molar-refractivity contribution is -0.118. The van der Waals surface area contributed by atoms with Crippen LogP contribution in [0.1, 0.15) is 23.3 Å². The van der Waals surface area contributed by atoms with Crippen LogP contribution in [0.25, 0.3) is 0 Å². The van der Waals surface area contributed by atoms with E-state index in [9.17, 15) is 4.79 Å². The van der Waals surface area contributed by atoms with Gasteiger partial charge in [0.1, 0.15) is 0 Å². The number of nitrogens with one attached hydrogen (secondary N) is 1. The topological polar surface area (TPSA) is 47.6 Å². The first-order chi connectivity index (χ1) is 11.6. The lowest BCUT2D eigenvalue weighted by Crippen LogP contribution is -2.24. The van der Waals surface area contributed by atoms with Crippen LogP contribution in [0, 0.1) is 0 Å². The van der Waals surface area contributed by atoms with Crippen molar-refractivity contribution in [1.82, 2.24) is 5.32 Å². The van der Waals surface area contributed by atoms with Crippen LogP contribution in [0.4, 0.5) is 0 Å².